The molecule has 3 atom stereocenters. The van der Waals surface area contributed by atoms with Gasteiger partial charge in [0.15, 0.2) is 0 Å². The van der Waals surface area contributed by atoms with Gasteiger partial charge in [-0.25, -0.2) is 0 Å². The summed E-state index contributed by atoms with van der Waals surface area (Å²) in [6.45, 7) is 0. The predicted molar refractivity (Wildman–Crippen MR) is 547 cm³/mol. The first kappa shape index (κ1) is 78.4. The molecule has 26 rings (SSSR count). The molecule has 3 aliphatic heterocycles. The van der Waals surface area contributed by atoms with E-state index in [1.165, 1.54) is 171 Å². The largest absolute Gasteiger partial charge is 0.457 e. The lowest BCUT2D eigenvalue weighted by atomic mass is 9.78. The number of fused-ring (bicyclic) bond motifs is 18. The van der Waals surface area contributed by atoms with Crippen LogP contribution < -0.4 is 19.1 Å². The molecule has 0 amide bonds. The summed E-state index contributed by atoms with van der Waals surface area (Å²) in [5, 5.41) is 12.3. The number of anilines is 3. The molecule has 0 N–H and O–H groups in total. The third-order valence-electron chi connectivity index (χ3n) is 26.8. The summed E-state index contributed by atoms with van der Waals surface area (Å²) in [6, 6.07) is 180. The molecule has 0 bridgehead atoms. The van der Waals surface area contributed by atoms with Crippen LogP contribution in [0.1, 0.15) is 67.8 Å². The van der Waals surface area contributed by atoms with Crippen LogP contribution in [0.15, 0.2) is 504 Å². The summed E-state index contributed by atoms with van der Waals surface area (Å²) in [5.74, 6) is 5.76. The number of hydrogen-bond donors (Lipinski definition) is 0. The molecule has 4 heterocycles. The van der Waals surface area contributed by atoms with E-state index in [2.05, 4.69) is 513 Å². The van der Waals surface area contributed by atoms with Crippen LogP contribution in [-0.2, 0) is 0 Å². The van der Waals surface area contributed by atoms with E-state index < -0.39 is 0 Å². The molecule has 0 saturated carbocycles. The third kappa shape index (κ3) is 14.3. The van der Waals surface area contributed by atoms with E-state index in [4.69, 9.17) is 14.2 Å². The van der Waals surface area contributed by atoms with Crippen molar-refractivity contribution in [3.63, 3.8) is 0 Å². The van der Waals surface area contributed by atoms with E-state index in [0.29, 0.717) is 0 Å². The monoisotopic (exact) mass is 1690 g/mol. The highest BCUT2D eigenvalue weighted by molar-refractivity contribution is 6.14. The van der Waals surface area contributed by atoms with E-state index in [1.807, 2.05) is 0 Å². The fraction of sp³-hybridized carbons (Fsp3) is 0.0236. The zero-order valence-corrected chi connectivity index (χ0v) is 72.3. The molecular weight excluding hydrogens is 1600 g/mol. The lowest BCUT2D eigenvalue weighted by molar-refractivity contribution is 0.454. The Bertz CT molecular complexity index is 8180. The number of benzene rings is 22. The lowest BCUT2D eigenvalue weighted by Gasteiger charge is -2.31. The van der Waals surface area contributed by atoms with E-state index in [0.717, 1.165) is 56.9 Å². The fourth-order valence-corrected chi connectivity index (χ4v) is 20.5. The number of nitrogens with zero attached hydrogens (tertiary/aromatic N) is 2. The average molecular weight is 1690 g/mol. The van der Waals surface area contributed by atoms with Gasteiger partial charge in [0.25, 0.3) is 0 Å². The minimum Gasteiger partial charge on any atom is -0.457 e. The van der Waals surface area contributed by atoms with Crippen LogP contribution in [0.5, 0.6) is 34.5 Å². The van der Waals surface area contributed by atoms with Crippen molar-refractivity contribution in [1.82, 2.24) is 4.57 Å². The average Bonchev–Trinajstić information content (AvgIpc) is 0.986. The van der Waals surface area contributed by atoms with Crippen molar-refractivity contribution in [2.75, 3.05) is 4.90 Å². The Balaban J connectivity index is 0.000000110. The Morgan fingerprint density at radius 1 is 0.182 bits per heavy atom. The summed E-state index contributed by atoms with van der Waals surface area (Å²) in [4.78, 5) is 2.36. The molecule has 3 unspecified atom stereocenters. The van der Waals surface area contributed by atoms with Crippen molar-refractivity contribution < 1.29 is 14.2 Å². The Morgan fingerprint density at radius 3 is 1.03 bits per heavy atom. The first-order valence-electron chi connectivity index (χ1n) is 45.4. The number of hydrogen-bond acceptors (Lipinski definition) is 4. The van der Waals surface area contributed by atoms with Crippen LogP contribution in [-0.4, -0.2) is 4.57 Å². The molecule has 622 valence electrons. The van der Waals surface area contributed by atoms with Crippen molar-refractivity contribution >= 4 is 82.0 Å². The summed E-state index contributed by atoms with van der Waals surface area (Å²) >= 11 is 0. The molecule has 132 heavy (non-hydrogen) atoms. The van der Waals surface area contributed by atoms with Crippen LogP contribution in [0.2, 0.25) is 0 Å². The number of rotatable bonds is 12. The van der Waals surface area contributed by atoms with Gasteiger partial charge in [-0.3, -0.25) is 0 Å². The topological polar surface area (TPSA) is 35.9 Å². The number of ether oxygens (including phenoxy) is 3. The summed E-state index contributed by atoms with van der Waals surface area (Å²) in [6.07, 6.45) is 0. The standard InChI is InChI=1S/C47H33NO.C41H27NO.C39H26O/c1-3-12-33(13-4-1)35-22-27-39(28-23-35)48(40-29-24-36(25-30-40)34-14-5-2-6-15-34)41-18-11-17-38(32-41)46-43-20-9-10-21-44(43)49-45-31-26-37-16-7-8-19-42(37)47(45)46;1-2-11-31(12-3-1)42-36-16-8-6-14-33(36)34-24-22-30(26-37(34)42)27-18-20-29(21-19-27)40-35-15-7-9-17-38(35)43-39-25-23-28-10-4-5-13-32(28)41(39)40;1-2-10-26(11-3-1)27-18-20-28(21-19-27)29-22-24-30(25-23-29)37-35-16-8-9-17-36(35)40-39-34-15-7-5-13-32(34)31-12-4-6-14-33(31)38(37)39/h1-32,46H;1-26,40H;1-25,37H. The van der Waals surface area contributed by atoms with Crippen molar-refractivity contribution in [3.05, 3.63) is 554 Å². The third-order valence-corrected chi connectivity index (χ3v) is 26.8. The normalized spacial score (nSPS) is 13.7. The molecule has 5 nitrogen and oxygen atoms in total. The number of aromatic nitrogens is 1. The molecule has 22 aromatic carbocycles. The minimum absolute atomic E-state index is 0.00811. The van der Waals surface area contributed by atoms with Gasteiger partial charge < -0.3 is 23.7 Å². The SMILES string of the molecule is c1ccc(-c2ccc(-c3ccc(C4c5ccccc5Oc5c4c4ccccc4c4ccccc54)cc3)cc2)cc1.c1ccc(-c2ccc(N(c3ccc(-c4ccccc4)cc3)c3cccc(C4c5ccccc5Oc5ccc6ccccc6c54)c3)cc2)cc1.c1ccc(-n2c3ccccc3c3ccc(-c4ccc(C5c6ccccc6Oc6ccc7ccccc7c65)cc4)cc32)cc1. The van der Waals surface area contributed by atoms with Gasteiger partial charge in [-0.2, -0.15) is 0 Å². The van der Waals surface area contributed by atoms with Gasteiger partial charge in [-0.1, -0.05) is 413 Å². The van der Waals surface area contributed by atoms with Gasteiger partial charge in [-0.05, 0) is 201 Å². The summed E-state index contributed by atoms with van der Waals surface area (Å²) in [7, 11) is 0. The van der Waals surface area contributed by atoms with E-state index in [9.17, 15) is 0 Å². The van der Waals surface area contributed by atoms with Crippen LogP contribution in [0, 0.1) is 0 Å². The molecule has 0 saturated heterocycles. The van der Waals surface area contributed by atoms with E-state index in [1.54, 1.807) is 0 Å². The van der Waals surface area contributed by atoms with E-state index >= 15 is 0 Å². The van der Waals surface area contributed by atoms with Crippen LogP contribution >= 0.6 is 0 Å². The molecule has 0 radical (unpaired) electrons. The first-order valence-corrected chi connectivity index (χ1v) is 45.4. The molecular formula is C127H86N2O3. The summed E-state index contributed by atoms with van der Waals surface area (Å²) in [5.41, 5.74) is 30.0. The molecule has 0 fully saturated rings. The van der Waals surface area contributed by atoms with Crippen molar-refractivity contribution in [3.8, 4) is 95.8 Å². The van der Waals surface area contributed by atoms with Crippen LogP contribution in [0.4, 0.5) is 17.1 Å². The predicted octanol–water partition coefficient (Wildman–Crippen LogP) is 34.4. The Morgan fingerprint density at radius 2 is 0.530 bits per heavy atom. The number of para-hydroxylation sites is 5. The van der Waals surface area contributed by atoms with Gasteiger partial charge in [0.05, 0.1) is 11.0 Å². The maximum Gasteiger partial charge on any atom is 0.140 e. The van der Waals surface area contributed by atoms with E-state index in [-0.39, 0.29) is 17.8 Å². The molecule has 3 aliphatic rings. The molecule has 1 aromatic heterocycles. The molecule has 5 heteroatoms. The molecule has 23 aromatic rings. The van der Waals surface area contributed by atoms with Crippen molar-refractivity contribution in [2.24, 2.45) is 0 Å². The van der Waals surface area contributed by atoms with Gasteiger partial charge in [0.2, 0.25) is 0 Å². The minimum atomic E-state index is 0.00811. The highest BCUT2D eigenvalue weighted by atomic mass is 16.5. The molecule has 0 aliphatic carbocycles. The van der Waals surface area contributed by atoms with Gasteiger partial charge >= 0.3 is 0 Å². The summed E-state index contributed by atoms with van der Waals surface area (Å²) < 4.78 is 22.0. The fourth-order valence-electron chi connectivity index (χ4n) is 20.5. The highest BCUT2D eigenvalue weighted by Gasteiger charge is 2.36. The zero-order valence-electron chi connectivity index (χ0n) is 72.3. The second-order valence-corrected chi connectivity index (χ2v) is 34.3. The second kappa shape index (κ2) is 33.9. The van der Waals surface area contributed by atoms with Crippen LogP contribution in [0.25, 0.3) is 126 Å². The van der Waals surface area contributed by atoms with Crippen molar-refractivity contribution in [2.45, 2.75) is 17.8 Å². The Kier molecular flexibility index (Phi) is 20.1. The van der Waals surface area contributed by atoms with Gasteiger partial charge in [0, 0.05) is 90.0 Å². The maximum absolute atomic E-state index is 6.69. The van der Waals surface area contributed by atoms with Crippen molar-refractivity contribution in [1.29, 1.82) is 0 Å². The zero-order chi connectivity index (χ0) is 87.4. The highest BCUT2D eigenvalue weighted by Crippen LogP contribution is 2.56. The Labute approximate surface area is 767 Å². The smallest absolute Gasteiger partial charge is 0.140 e. The molecule has 0 spiro atoms. The van der Waals surface area contributed by atoms with Crippen LogP contribution in [0.3, 0.4) is 0 Å². The quantitative estimate of drug-likeness (QED) is 0.114. The Hall–Kier alpha value is -17.1. The first-order chi connectivity index (χ1) is 65.5. The van der Waals surface area contributed by atoms with Gasteiger partial charge in [0.1, 0.15) is 34.5 Å². The lowest BCUT2D eigenvalue weighted by Crippen LogP contribution is -2.14. The maximum atomic E-state index is 6.69. The van der Waals surface area contributed by atoms with Gasteiger partial charge in [-0.15, -0.1) is 0 Å². The second-order valence-electron chi connectivity index (χ2n) is 34.3.